The van der Waals surface area contributed by atoms with Gasteiger partial charge >= 0.3 is 6.03 Å². The van der Waals surface area contributed by atoms with E-state index >= 15 is 0 Å². The van der Waals surface area contributed by atoms with Crippen molar-refractivity contribution in [1.82, 2.24) is 9.80 Å². The molecule has 150 valence electrons. The first-order chi connectivity index (χ1) is 14.6. The Morgan fingerprint density at radius 2 is 1.40 bits per heavy atom. The van der Waals surface area contributed by atoms with Crippen LogP contribution in [0.25, 0.3) is 0 Å². The van der Waals surface area contributed by atoms with Gasteiger partial charge < -0.3 is 4.90 Å². The van der Waals surface area contributed by atoms with E-state index in [1.54, 1.807) is 4.90 Å². The molecule has 3 amide bonds. The summed E-state index contributed by atoms with van der Waals surface area (Å²) in [7, 11) is 1.89. The van der Waals surface area contributed by atoms with E-state index in [1.165, 1.54) is 22.3 Å². The molecule has 1 heterocycles. The van der Waals surface area contributed by atoms with Gasteiger partial charge in [-0.15, -0.1) is 0 Å². The molecule has 0 N–H and O–H groups in total. The molecule has 2 fully saturated rings. The first-order valence-corrected chi connectivity index (χ1v) is 11.1. The molecule has 4 heteroatoms. The number of imide groups is 1. The third kappa shape index (κ3) is 1.88. The molecular formula is C26H24N2O2. The normalized spacial score (nSPS) is 36.8. The van der Waals surface area contributed by atoms with Gasteiger partial charge in [0.15, 0.2) is 0 Å². The van der Waals surface area contributed by atoms with Crippen LogP contribution < -0.4 is 0 Å². The summed E-state index contributed by atoms with van der Waals surface area (Å²) >= 11 is 0. The number of fused-ring (bicyclic) bond motifs is 2. The van der Waals surface area contributed by atoms with Crippen LogP contribution in [-0.4, -0.2) is 40.9 Å². The molecular weight excluding hydrogens is 372 g/mol. The minimum atomic E-state index is -0.118. The van der Waals surface area contributed by atoms with Crippen LogP contribution in [0.1, 0.15) is 46.9 Å². The molecule has 4 nitrogen and oxygen atoms in total. The smallest absolute Gasteiger partial charge is 0.321 e. The predicted molar refractivity (Wildman–Crippen MR) is 113 cm³/mol. The summed E-state index contributed by atoms with van der Waals surface area (Å²) in [6, 6.07) is 17.0. The molecule has 8 rings (SSSR count). The van der Waals surface area contributed by atoms with E-state index in [0.717, 1.165) is 12.8 Å². The third-order valence-corrected chi connectivity index (χ3v) is 8.45. The largest absolute Gasteiger partial charge is 0.327 e. The number of benzene rings is 2. The molecule has 0 unspecified atom stereocenters. The van der Waals surface area contributed by atoms with Gasteiger partial charge in [0.05, 0.1) is 12.1 Å². The number of amides is 3. The lowest BCUT2D eigenvalue weighted by Gasteiger charge is -2.50. The van der Waals surface area contributed by atoms with Crippen LogP contribution in [0.5, 0.6) is 0 Å². The second-order valence-electron chi connectivity index (χ2n) is 9.68. The van der Waals surface area contributed by atoms with Crippen molar-refractivity contribution in [3.8, 4) is 0 Å². The molecule has 1 saturated carbocycles. The molecule has 1 saturated heterocycles. The summed E-state index contributed by atoms with van der Waals surface area (Å²) in [6.07, 6.45) is 6.42. The molecule has 1 aliphatic heterocycles. The van der Waals surface area contributed by atoms with E-state index in [1.807, 2.05) is 11.9 Å². The van der Waals surface area contributed by atoms with Gasteiger partial charge in [-0.25, -0.2) is 4.79 Å². The van der Waals surface area contributed by atoms with E-state index in [0.29, 0.717) is 11.8 Å². The van der Waals surface area contributed by atoms with Crippen LogP contribution in [0, 0.1) is 17.8 Å². The number of hydrogen-bond acceptors (Lipinski definition) is 2. The summed E-state index contributed by atoms with van der Waals surface area (Å²) in [6.45, 7) is 0. The third-order valence-electron chi connectivity index (χ3n) is 8.45. The zero-order valence-electron chi connectivity index (χ0n) is 16.9. The summed E-state index contributed by atoms with van der Waals surface area (Å²) in [4.78, 5) is 30.8. The number of urea groups is 1. The van der Waals surface area contributed by atoms with Crippen LogP contribution in [0.3, 0.4) is 0 Å². The molecule has 0 spiro atoms. The summed E-state index contributed by atoms with van der Waals surface area (Å²) in [5.74, 6) is 1.01. The Labute approximate surface area is 176 Å². The maximum atomic E-state index is 13.8. The fourth-order valence-electron chi connectivity index (χ4n) is 7.28. The lowest BCUT2D eigenvalue weighted by Crippen LogP contribution is -2.54. The number of likely N-dealkylation sites (N-methyl/N-ethyl adjacent to an activating group) is 1. The highest BCUT2D eigenvalue weighted by Crippen LogP contribution is 2.58. The van der Waals surface area contributed by atoms with Crippen LogP contribution in [-0.2, 0) is 4.79 Å². The van der Waals surface area contributed by atoms with Crippen molar-refractivity contribution in [2.24, 2.45) is 17.8 Å². The Bertz CT molecular complexity index is 1090. The Balaban J connectivity index is 1.40. The monoisotopic (exact) mass is 396 g/mol. The highest BCUT2D eigenvalue weighted by molar-refractivity contribution is 5.99. The second-order valence-corrected chi connectivity index (χ2v) is 9.68. The van der Waals surface area contributed by atoms with E-state index in [2.05, 4.69) is 60.7 Å². The molecule has 0 aromatic heterocycles. The van der Waals surface area contributed by atoms with Crippen molar-refractivity contribution in [3.05, 3.63) is 82.9 Å². The number of rotatable bonds is 1. The molecule has 2 aromatic carbocycles. The number of hydrogen-bond donors (Lipinski definition) is 0. The van der Waals surface area contributed by atoms with Crippen LogP contribution in [0.2, 0.25) is 0 Å². The first kappa shape index (κ1) is 16.9. The average Bonchev–Trinajstić information content (AvgIpc) is 3.48. The summed E-state index contributed by atoms with van der Waals surface area (Å²) in [5, 5.41) is 0. The van der Waals surface area contributed by atoms with Gasteiger partial charge in [0.1, 0.15) is 0 Å². The van der Waals surface area contributed by atoms with E-state index in [4.69, 9.17) is 0 Å². The minimum Gasteiger partial charge on any atom is -0.321 e. The number of carbonyl (C=O) groups is 2. The van der Waals surface area contributed by atoms with E-state index < -0.39 is 0 Å². The van der Waals surface area contributed by atoms with Gasteiger partial charge in [0.2, 0.25) is 5.91 Å². The highest BCUT2D eigenvalue weighted by Gasteiger charge is 2.61. The SMILES string of the molecule is CN1C(=O)N(C(=O)[C@@H]2C[C@@H]3C=C[C@H]2C3)[C@@H]2C3c4ccccc4C(c4ccccc43)[C@@H]21. The van der Waals surface area contributed by atoms with Gasteiger partial charge in [-0.05, 0) is 46.9 Å². The fraction of sp³-hybridized carbons (Fsp3) is 0.385. The standard InChI is InChI=1S/C26H24N2O2/c1-27-23-21-16-6-2-4-8-18(16)22(19-9-5-3-7-17(19)21)24(23)28(26(27)30)25(29)20-13-14-10-11-15(20)12-14/h2-11,14-15,20-24H,12-13H2,1H3/t14-,15+,20-,21?,22?,23+,24-/m1/s1. The van der Waals surface area contributed by atoms with Crippen LogP contribution >= 0.6 is 0 Å². The van der Waals surface area contributed by atoms with E-state index in [-0.39, 0.29) is 41.8 Å². The Kier molecular flexibility index (Phi) is 3.16. The van der Waals surface area contributed by atoms with Crippen LogP contribution in [0.4, 0.5) is 4.79 Å². The Hall–Kier alpha value is -2.88. The zero-order chi connectivity index (χ0) is 20.1. The summed E-state index contributed by atoms with van der Waals surface area (Å²) < 4.78 is 0. The Morgan fingerprint density at radius 3 is 1.90 bits per heavy atom. The number of carbonyl (C=O) groups excluding carboxylic acids is 2. The van der Waals surface area contributed by atoms with Gasteiger partial charge in [-0.1, -0.05) is 60.7 Å². The molecule has 30 heavy (non-hydrogen) atoms. The van der Waals surface area contributed by atoms with Crippen molar-refractivity contribution in [3.63, 3.8) is 0 Å². The highest BCUT2D eigenvalue weighted by atomic mass is 16.2. The Morgan fingerprint density at radius 1 is 0.833 bits per heavy atom. The number of allylic oxidation sites excluding steroid dienone is 2. The van der Waals surface area contributed by atoms with Crippen molar-refractivity contribution in [2.75, 3.05) is 7.05 Å². The molecule has 6 aliphatic rings. The quantitative estimate of drug-likeness (QED) is 0.681. The summed E-state index contributed by atoms with van der Waals surface area (Å²) in [5.41, 5.74) is 5.21. The average molecular weight is 396 g/mol. The van der Waals surface area contributed by atoms with Gasteiger partial charge in [-0.3, -0.25) is 9.69 Å². The molecule has 2 aromatic rings. The van der Waals surface area contributed by atoms with Gasteiger partial charge in [-0.2, -0.15) is 0 Å². The van der Waals surface area contributed by atoms with Crippen molar-refractivity contribution >= 4 is 11.9 Å². The van der Waals surface area contributed by atoms with E-state index in [9.17, 15) is 9.59 Å². The first-order valence-electron chi connectivity index (χ1n) is 11.1. The predicted octanol–water partition coefficient (Wildman–Crippen LogP) is 4.12. The fourth-order valence-corrected chi connectivity index (χ4v) is 7.28. The van der Waals surface area contributed by atoms with Gasteiger partial charge in [0, 0.05) is 24.8 Å². The van der Waals surface area contributed by atoms with Crippen molar-refractivity contribution < 1.29 is 9.59 Å². The second kappa shape index (κ2) is 5.63. The van der Waals surface area contributed by atoms with Crippen LogP contribution in [0.15, 0.2) is 60.7 Å². The maximum Gasteiger partial charge on any atom is 0.327 e. The lowest BCUT2D eigenvalue weighted by atomic mass is 9.59. The lowest BCUT2D eigenvalue weighted by molar-refractivity contribution is -0.134. The van der Waals surface area contributed by atoms with Gasteiger partial charge in [0.25, 0.3) is 0 Å². The number of nitrogens with zero attached hydrogens (tertiary/aromatic N) is 2. The minimum absolute atomic E-state index is 0.00498. The zero-order valence-corrected chi connectivity index (χ0v) is 16.9. The molecule has 4 bridgehead atoms. The molecule has 5 aliphatic carbocycles. The van der Waals surface area contributed by atoms with Crippen molar-refractivity contribution in [2.45, 2.75) is 36.8 Å². The molecule has 5 atom stereocenters. The topological polar surface area (TPSA) is 40.6 Å². The van der Waals surface area contributed by atoms with Crippen molar-refractivity contribution in [1.29, 1.82) is 0 Å². The maximum absolute atomic E-state index is 13.8. The molecule has 0 radical (unpaired) electrons.